The topological polar surface area (TPSA) is 71.3 Å². The zero-order valence-corrected chi connectivity index (χ0v) is 17.5. The molecule has 2 aliphatic heterocycles. The largest absolute Gasteiger partial charge is 0.378 e. The third-order valence-corrected chi connectivity index (χ3v) is 5.76. The number of hydrogen-bond donors (Lipinski definition) is 1. The standard InChI is InChI=1S/C21H21F4N7O/c22-16-2-1-14(9-17(16)23)32-12-26-21(29-32)28-18-7-13(20(24)25)8-19(27-18)31-5-3-30(4-6-31)15-10-33-11-15/h1-2,7-9,12,15,20H,3-6,10-11H2,(H,27,28,29). The molecular formula is C21H21F4N7O. The molecule has 12 heteroatoms. The second-order valence-electron chi connectivity index (χ2n) is 7.90. The molecule has 5 rings (SSSR count). The van der Waals surface area contributed by atoms with Gasteiger partial charge in [0.1, 0.15) is 18.0 Å². The Morgan fingerprint density at radius 1 is 1.00 bits per heavy atom. The summed E-state index contributed by atoms with van der Waals surface area (Å²) in [7, 11) is 0. The summed E-state index contributed by atoms with van der Waals surface area (Å²) in [6.07, 6.45) is -1.37. The van der Waals surface area contributed by atoms with Crippen molar-refractivity contribution in [1.82, 2.24) is 24.6 Å². The maximum Gasteiger partial charge on any atom is 0.264 e. The van der Waals surface area contributed by atoms with E-state index in [0.29, 0.717) is 24.9 Å². The van der Waals surface area contributed by atoms with Crippen LogP contribution in [0.3, 0.4) is 0 Å². The maximum atomic E-state index is 13.6. The molecule has 0 saturated carbocycles. The number of ether oxygens (including phenoxy) is 1. The molecule has 3 aromatic rings. The van der Waals surface area contributed by atoms with Crippen LogP contribution >= 0.6 is 0 Å². The molecule has 1 N–H and O–H groups in total. The highest BCUT2D eigenvalue weighted by molar-refractivity contribution is 5.56. The van der Waals surface area contributed by atoms with Crippen molar-refractivity contribution in [1.29, 1.82) is 0 Å². The van der Waals surface area contributed by atoms with E-state index in [1.54, 1.807) is 0 Å². The average molecular weight is 463 g/mol. The molecular weight excluding hydrogens is 442 g/mol. The summed E-state index contributed by atoms with van der Waals surface area (Å²) in [5.41, 5.74) is 0.0940. The highest BCUT2D eigenvalue weighted by Gasteiger charge is 2.29. The summed E-state index contributed by atoms with van der Waals surface area (Å²) >= 11 is 0. The van der Waals surface area contributed by atoms with E-state index in [0.717, 1.165) is 38.4 Å². The Labute approximate surface area is 186 Å². The van der Waals surface area contributed by atoms with Gasteiger partial charge in [0.15, 0.2) is 11.6 Å². The molecule has 2 fully saturated rings. The summed E-state index contributed by atoms with van der Waals surface area (Å²) in [6, 6.07) is 6.38. The molecule has 4 heterocycles. The number of pyridine rings is 1. The molecule has 0 unspecified atom stereocenters. The minimum atomic E-state index is -2.67. The van der Waals surface area contributed by atoms with Gasteiger partial charge in [-0.05, 0) is 24.3 Å². The van der Waals surface area contributed by atoms with E-state index in [1.807, 2.05) is 4.90 Å². The van der Waals surface area contributed by atoms with Crippen molar-refractivity contribution in [3.05, 3.63) is 53.9 Å². The quantitative estimate of drug-likeness (QED) is 0.564. The van der Waals surface area contributed by atoms with Crippen LogP contribution < -0.4 is 10.2 Å². The second-order valence-corrected chi connectivity index (χ2v) is 7.90. The predicted molar refractivity (Wildman–Crippen MR) is 112 cm³/mol. The first-order chi connectivity index (χ1) is 16.0. The lowest BCUT2D eigenvalue weighted by Crippen LogP contribution is -2.56. The van der Waals surface area contributed by atoms with Crippen molar-refractivity contribution in [3.8, 4) is 5.69 Å². The first-order valence-electron chi connectivity index (χ1n) is 10.5. The Morgan fingerprint density at radius 3 is 2.45 bits per heavy atom. The molecule has 174 valence electrons. The van der Waals surface area contributed by atoms with Crippen LogP contribution in [0.2, 0.25) is 0 Å². The smallest absolute Gasteiger partial charge is 0.264 e. The van der Waals surface area contributed by atoms with Crippen molar-refractivity contribution in [2.75, 3.05) is 49.6 Å². The number of rotatable bonds is 6. The van der Waals surface area contributed by atoms with E-state index in [4.69, 9.17) is 4.74 Å². The number of nitrogens with zero attached hydrogens (tertiary/aromatic N) is 6. The van der Waals surface area contributed by atoms with Crippen LogP contribution in [0.25, 0.3) is 5.69 Å². The van der Waals surface area contributed by atoms with E-state index in [1.165, 1.54) is 29.2 Å². The van der Waals surface area contributed by atoms with E-state index in [2.05, 4.69) is 25.3 Å². The lowest BCUT2D eigenvalue weighted by Gasteiger charge is -2.42. The predicted octanol–water partition coefficient (Wildman–Crippen LogP) is 3.14. The van der Waals surface area contributed by atoms with Crippen LogP contribution in [0.15, 0.2) is 36.7 Å². The number of hydrogen-bond acceptors (Lipinski definition) is 7. The minimum Gasteiger partial charge on any atom is -0.378 e. The van der Waals surface area contributed by atoms with Crippen LogP contribution in [-0.4, -0.2) is 70.1 Å². The van der Waals surface area contributed by atoms with Crippen molar-refractivity contribution >= 4 is 17.6 Å². The molecule has 2 saturated heterocycles. The number of piperazine rings is 1. The number of anilines is 3. The van der Waals surface area contributed by atoms with Crippen LogP contribution in [0.1, 0.15) is 12.0 Å². The fourth-order valence-electron chi connectivity index (χ4n) is 3.83. The zero-order valence-electron chi connectivity index (χ0n) is 17.5. The Hall–Kier alpha value is -3.25. The third kappa shape index (κ3) is 4.62. The fourth-order valence-corrected chi connectivity index (χ4v) is 3.83. The lowest BCUT2D eigenvalue weighted by atomic mass is 10.1. The molecule has 2 aliphatic rings. The molecule has 0 aliphatic carbocycles. The van der Waals surface area contributed by atoms with Crippen LogP contribution in [0, 0.1) is 11.6 Å². The van der Waals surface area contributed by atoms with Gasteiger partial charge < -0.3 is 15.0 Å². The van der Waals surface area contributed by atoms with Gasteiger partial charge in [0, 0.05) is 37.8 Å². The SMILES string of the molecule is Fc1ccc(-n2cnc(Nc3cc(C(F)F)cc(N4CCN(C5COC5)CC4)n3)n2)cc1F. The molecule has 0 atom stereocenters. The van der Waals surface area contributed by atoms with Crippen LogP contribution in [0.4, 0.5) is 35.1 Å². The lowest BCUT2D eigenvalue weighted by molar-refractivity contribution is -0.0661. The van der Waals surface area contributed by atoms with E-state index in [9.17, 15) is 17.6 Å². The van der Waals surface area contributed by atoms with Gasteiger partial charge in [-0.2, -0.15) is 4.98 Å². The number of halogens is 4. The minimum absolute atomic E-state index is 0.0828. The Bertz CT molecular complexity index is 1130. The van der Waals surface area contributed by atoms with E-state index in [-0.39, 0.29) is 23.0 Å². The van der Waals surface area contributed by atoms with Gasteiger partial charge in [-0.15, -0.1) is 5.10 Å². The van der Waals surface area contributed by atoms with Crippen molar-refractivity contribution in [3.63, 3.8) is 0 Å². The first kappa shape index (κ1) is 21.6. The summed E-state index contributed by atoms with van der Waals surface area (Å²) < 4.78 is 60.3. The Morgan fingerprint density at radius 2 is 1.79 bits per heavy atom. The second kappa shape index (κ2) is 8.94. The van der Waals surface area contributed by atoms with Gasteiger partial charge in [0.05, 0.1) is 24.9 Å². The first-order valence-corrected chi connectivity index (χ1v) is 10.5. The molecule has 33 heavy (non-hydrogen) atoms. The summed E-state index contributed by atoms with van der Waals surface area (Å²) in [6.45, 7) is 4.40. The highest BCUT2D eigenvalue weighted by Crippen LogP contribution is 2.28. The monoisotopic (exact) mass is 463 g/mol. The fraction of sp³-hybridized carbons (Fsp3) is 0.381. The molecule has 8 nitrogen and oxygen atoms in total. The highest BCUT2D eigenvalue weighted by atomic mass is 19.3. The number of alkyl halides is 2. The van der Waals surface area contributed by atoms with Crippen LogP contribution in [0.5, 0.6) is 0 Å². The number of nitrogens with one attached hydrogen (secondary N) is 1. The van der Waals surface area contributed by atoms with Gasteiger partial charge in [-0.1, -0.05) is 0 Å². The van der Waals surface area contributed by atoms with Gasteiger partial charge in [-0.25, -0.2) is 27.2 Å². The number of benzene rings is 1. The van der Waals surface area contributed by atoms with Gasteiger partial charge in [0.25, 0.3) is 6.43 Å². The molecule has 1 aromatic carbocycles. The van der Waals surface area contributed by atoms with Crippen molar-refractivity contribution in [2.45, 2.75) is 12.5 Å². The van der Waals surface area contributed by atoms with Crippen molar-refractivity contribution < 1.29 is 22.3 Å². The molecule has 0 bridgehead atoms. The van der Waals surface area contributed by atoms with Crippen LogP contribution in [-0.2, 0) is 4.74 Å². The third-order valence-electron chi connectivity index (χ3n) is 5.76. The van der Waals surface area contributed by atoms with E-state index < -0.39 is 18.1 Å². The van der Waals surface area contributed by atoms with Gasteiger partial charge >= 0.3 is 0 Å². The summed E-state index contributed by atoms with van der Waals surface area (Å²) in [5, 5.41) is 6.99. The Kier molecular flexibility index (Phi) is 5.85. The average Bonchev–Trinajstić information content (AvgIpc) is 3.23. The molecule has 0 spiro atoms. The summed E-state index contributed by atoms with van der Waals surface area (Å²) in [5.74, 6) is -1.29. The van der Waals surface area contributed by atoms with Crippen molar-refractivity contribution in [2.24, 2.45) is 0 Å². The summed E-state index contributed by atoms with van der Waals surface area (Å²) in [4.78, 5) is 12.9. The Balaban J connectivity index is 1.33. The van der Waals surface area contributed by atoms with E-state index >= 15 is 0 Å². The maximum absolute atomic E-state index is 13.6. The van der Waals surface area contributed by atoms with Gasteiger partial charge in [0.2, 0.25) is 5.95 Å². The molecule has 0 amide bonds. The molecule has 0 radical (unpaired) electrons. The molecule has 2 aromatic heterocycles. The number of aromatic nitrogens is 4. The van der Waals surface area contributed by atoms with Gasteiger partial charge in [-0.3, -0.25) is 4.90 Å². The zero-order chi connectivity index (χ0) is 22.9. The normalized spacial score (nSPS) is 17.4.